The van der Waals surface area contributed by atoms with E-state index in [2.05, 4.69) is 21.9 Å². The van der Waals surface area contributed by atoms with E-state index < -0.39 is 0 Å². The average Bonchev–Trinajstić information content (AvgIpc) is 3.22. The Morgan fingerprint density at radius 3 is 2.71 bits per heavy atom. The van der Waals surface area contributed by atoms with Gasteiger partial charge in [0.05, 0.1) is 5.69 Å². The van der Waals surface area contributed by atoms with Gasteiger partial charge in [0.1, 0.15) is 11.6 Å². The Balaban J connectivity index is 1.60. The highest BCUT2D eigenvalue weighted by Gasteiger charge is 2.29. The van der Waals surface area contributed by atoms with Crippen molar-refractivity contribution in [1.29, 1.82) is 0 Å². The lowest BCUT2D eigenvalue weighted by atomic mass is 9.93. The lowest BCUT2D eigenvalue weighted by molar-refractivity contribution is 0.0705. The fourth-order valence-corrected chi connectivity index (χ4v) is 3.76. The van der Waals surface area contributed by atoms with Crippen molar-refractivity contribution in [3.05, 3.63) is 72.0 Å². The van der Waals surface area contributed by atoms with Crippen molar-refractivity contribution in [2.45, 2.75) is 32.1 Å². The Morgan fingerprint density at radius 2 is 1.93 bits per heavy atom. The molecular formula is C21H22FN5O. The number of amides is 1. The predicted molar refractivity (Wildman–Crippen MR) is 103 cm³/mol. The summed E-state index contributed by atoms with van der Waals surface area (Å²) in [5, 5.41) is 0. The molecule has 144 valence electrons. The summed E-state index contributed by atoms with van der Waals surface area (Å²) in [6, 6.07) is 5.71. The summed E-state index contributed by atoms with van der Waals surface area (Å²) in [5.41, 5.74) is 1.39. The number of halogens is 1. The molecule has 7 heteroatoms. The number of carbonyl (C=O) groups is 1. The second-order valence-corrected chi connectivity index (χ2v) is 6.93. The molecule has 0 bridgehead atoms. The van der Waals surface area contributed by atoms with Crippen LogP contribution in [0.4, 0.5) is 4.39 Å². The number of likely N-dealkylation sites (tertiary alicyclic amines) is 1. The molecule has 6 nitrogen and oxygen atoms in total. The predicted octanol–water partition coefficient (Wildman–Crippen LogP) is 3.38. The van der Waals surface area contributed by atoms with Crippen LogP contribution in [0.25, 0.3) is 5.82 Å². The summed E-state index contributed by atoms with van der Waals surface area (Å²) < 4.78 is 15.1. The van der Waals surface area contributed by atoms with Gasteiger partial charge >= 0.3 is 0 Å². The van der Waals surface area contributed by atoms with Gasteiger partial charge in [0.25, 0.3) is 5.91 Å². The molecule has 28 heavy (non-hydrogen) atoms. The molecule has 4 rings (SSSR count). The standard InChI is InChI=1S/C21H22FN5O/c1-2-18-23-11-13-27(18)20-19(24-9-10-25-20)16-4-3-12-26(14-16)21(28)15-5-7-17(22)8-6-15/h5-11,13,16H,2-4,12,14H2,1H3. The second-order valence-electron chi connectivity index (χ2n) is 6.93. The summed E-state index contributed by atoms with van der Waals surface area (Å²) in [4.78, 5) is 28.2. The highest BCUT2D eigenvalue weighted by molar-refractivity contribution is 5.94. The summed E-state index contributed by atoms with van der Waals surface area (Å²) in [6.45, 7) is 3.31. The molecule has 0 radical (unpaired) electrons. The molecule has 0 N–H and O–H groups in total. The first-order valence-corrected chi connectivity index (χ1v) is 9.55. The number of aromatic nitrogens is 4. The number of carbonyl (C=O) groups excluding carboxylic acids is 1. The number of benzene rings is 1. The summed E-state index contributed by atoms with van der Waals surface area (Å²) in [6.07, 6.45) is 9.67. The molecule has 1 fully saturated rings. The van der Waals surface area contributed by atoms with Crippen LogP contribution in [-0.4, -0.2) is 43.4 Å². The van der Waals surface area contributed by atoms with E-state index in [0.717, 1.165) is 36.6 Å². The van der Waals surface area contributed by atoms with Crippen LogP contribution < -0.4 is 0 Å². The molecule has 3 heterocycles. The Labute approximate surface area is 163 Å². The monoisotopic (exact) mass is 379 g/mol. The Morgan fingerprint density at radius 1 is 1.14 bits per heavy atom. The van der Waals surface area contributed by atoms with Crippen molar-refractivity contribution < 1.29 is 9.18 Å². The lowest BCUT2D eigenvalue weighted by Crippen LogP contribution is -2.39. The number of aryl methyl sites for hydroxylation is 1. The molecular weight excluding hydrogens is 357 g/mol. The quantitative estimate of drug-likeness (QED) is 0.697. The summed E-state index contributed by atoms with van der Waals surface area (Å²) >= 11 is 0. The van der Waals surface area contributed by atoms with Gasteiger partial charge in [-0.05, 0) is 37.1 Å². The number of piperidine rings is 1. The van der Waals surface area contributed by atoms with E-state index in [1.807, 2.05) is 15.7 Å². The van der Waals surface area contributed by atoms with Gasteiger partial charge in [-0.15, -0.1) is 0 Å². The third kappa shape index (κ3) is 3.52. The van der Waals surface area contributed by atoms with Gasteiger partial charge in [-0.3, -0.25) is 14.3 Å². The Hall–Kier alpha value is -3.09. The molecule has 2 aromatic heterocycles. The maximum absolute atomic E-state index is 13.2. The van der Waals surface area contributed by atoms with Gasteiger partial charge in [0, 0.05) is 55.8 Å². The van der Waals surface area contributed by atoms with Gasteiger partial charge in [-0.25, -0.2) is 14.4 Å². The molecule has 1 amide bonds. The molecule has 1 unspecified atom stereocenters. The van der Waals surface area contributed by atoms with Crippen LogP contribution in [0.5, 0.6) is 0 Å². The first-order valence-electron chi connectivity index (χ1n) is 9.55. The van der Waals surface area contributed by atoms with Crippen LogP contribution in [0.3, 0.4) is 0 Å². The van der Waals surface area contributed by atoms with Gasteiger partial charge in [0.15, 0.2) is 5.82 Å². The van der Waals surface area contributed by atoms with E-state index in [0.29, 0.717) is 18.7 Å². The van der Waals surface area contributed by atoms with Crippen LogP contribution >= 0.6 is 0 Å². The molecule has 1 saturated heterocycles. The zero-order chi connectivity index (χ0) is 19.5. The van der Waals surface area contributed by atoms with Crippen LogP contribution in [0.2, 0.25) is 0 Å². The Kier molecular flexibility index (Phi) is 5.14. The van der Waals surface area contributed by atoms with Crippen LogP contribution in [-0.2, 0) is 6.42 Å². The van der Waals surface area contributed by atoms with E-state index in [1.165, 1.54) is 24.3 Å². The van der Waals surface area contributed by atoms with Crippen molar-refractivity contribution >= 4 is 5.91 Å². The normalized spacial score (nSPS) is 16.9. The molecule has 1 atom stereocenters. The van der Waals surface area contributed by atoms with Crippen molar-refractivity contribution in [2.24, 2.45) is 0 Å². The Bertz CT molecular complexity index is 969. The van der Waals surface area contributed by atoms with E-state index in [4.69, 9.17) is 0 Å². The van der Waals surface area contributed by atoms with Crippen molar-refractivity contribution in [1.82, 2.24) is 24.4 Å². The van der Waals surface area contributed by atoms with Crippen molar-refractivity contribution in [3.8, 4) is 5.82 Å². The van der Waals surface area contributed by atoms with Crippen molar-refractivity contribution in [3.63, 3.8) is 0 Å². The minimum Gasteiger partial charge on any atom is -0.338 e. The third-order valence-electron chi connectivity index (χ3n) is 5.15. The van der Waals surface area contributed by atoms with E-state index in [9.17, 15) is 9.18 Å². The largest absolute Gasteiger partial charge is 0.338 e. The number of hydrogen-bond acceptors (Lipinski definition) is 4. The number of imidazole rings is 1. The minimum absolute atomic E-state index is 0.0768. The fourth-order valence-electron chi connectivity index (χ4n) is 3.76. The van der Waals surface area contributed by atoms with Gasteiger partial charge in [-0.1, -0.05) is 6.92 Å². The van der Waals surface area contributed by atoms with Crippen LogP contribution in [0.1, 0.15) is 47.6 Å². The van der Waals surface area contributed by atoms with E-state index in [-0.39, 0.29) is 17.6 Å². The van der Waals surface area contributed by atoms with E-state index in [1.54, 1.807) is 18.6 Å². The van der Waals surface area contributed by atoms with Crippen molar-refractivity contribution in [2.75, 3.05) is 13.1 Å². The number of rotatable bonds is 4. The highest BCUT2D eigenvalue weighted by Crippen LogP contribution is 2.29. The summed E-state index contributed by atoms with van der Waals surface area (Å²) in [5.74, 6) is 1.38. The number of nitrogens with zero attached hydrogens (tertiary/aromatic N) is 5. The number of hydrogen-bond donors (Lipinski definition) is 0. The first-order chi connectivity index (χ1) is 13.7. The smallest absolute Gasteiger partial charge is 0.253 e. The zero-order valence-corrected chi connectivity index (χ0v) is 15.8. The third-order valence-corrected chi connectivity index (χ3v) is 5.15. The molecule has 0 spiro atoms. The SMILES string of the molecule is CCc1nccn1-c1nccnc1C1CCCN(C(=O)c2ccc(F)cc2)C1. The maximum Gasteiger partial charge on any atom is 0.253 e. The molecule has 3 aromatic rings. The topological polar surface area (TPSA) is 63.9 Å². The molecule has 1 aliphatic heterocycles. The average molecular weight is 379 g/mol. The van der Waals surface area contributed by atoms with Gasteiger partial charge in [0.2, 0.25) is 0 Å². The van der Waals surface area contributed by atoms with Gasteiger partial charge < -0.3 is 4.90 Å². The second kappa shape index (κ2) is 7.88. The zero-order valence-electron chi connectivity index (χ0n) is 15.8. The highest BCUT2D eigenvalue weighted by atomic mass is 19.1. The molecule has 0 aliphatic carbocycles. The maximum atomic E-state index is 13.2. The lowest BCUT2D eigenvalue weighted by Gasteiger charge is -2.33. The minimum atomic E-state index is -0.343. The van der Waals surface area contributed by atoms with Crippen LogP contribution in [0, 0.1) is 5.82 Å². The van der Waals surface area contributed by atoms with Gasteiger partial charge in [-0.2, -0.15) is 0 Å². The molecule has 1 aromatic carbocycles. The fraction of sp³-hybridized carbons (Fsp3) is 0.333. The van der Waals surface area contributed by atoms with E-state index >= 15 is 0 Å². The first kappa shape index (κ1) is 18.3. The molecule has 1 aliphatic rings. The molecule has 0 saturated carbocycles. The summed E-state index contributed by atoms with van der Waals surface area (Å²) in [7, 11) is 0. The van der Waals surface area contributed by atoms with Crippen LogP contribution in [0.15, 0.2) is 49.1 Å².